The van der Waals surface area contributed by atoms with Crippen molar-refractivity contribution in [2.75, 3.05) is 0 Å². The zero-order chi connectivity index (χ0) is 13.4. The molecule has 0 amide bonds. The van der Waals surface area contributed by atoms with Gasteiger partial charge in [-0.3, -0.25) is 0 Å². The third-order valence-electron chi connectivity index (χ3n) is 1.15. The van der Waals surface area contributed by atoms with Crippen molar-refractivity contribution in [1.82, 2.24) is 0 Å². The minimum Gasteiger partial charge on any atom is -0.477 e. The van der Waals surface area contributed by atoms with Crippen molar-refractivity contribution in [2.24, 2.45) is 0 Å². The first-order chi connectivity index (χ1) is 6.81. The van der Waals surface area contributed by atoms with Crippen LogP contribution in [0.15, 0.2) is 0 Å². The predicted molar refractivity (Wildman–Crippen MR) is 29.6 cm³/mol. The summed E-state index contributed by atoms with van der Waals surface area (Å²) in [5, 5.41) is 7.61. The summed E-state index contributed by atoms with van der Waals surface area (Å²) in [6, 6.07) is 0. The fourth-order valence-electron chi connectivity index (χ4n) is 0.525. The van der Waals surface area contributed by atoms with Gasteiger partial charge in [-0.2, -0.15) is 17.6 Å². The highest BCUT2D eigenvalue weighted by Gasteiger charge is 2.64. The Morgan fingerprint density at radius 2 is 1.44 bits per heavy atom. The van der Waals surface area contributed by atoms with Crippen LogP contribution in [0, 0.1) is 0 Å². The molecule has 0 fully saturated rings. The largest absolute Gasteiger partial charge is 0.527 e. The highest BCUT2D eigenvalue weighted by molar-refractivity contribution is 5.76. The number of alkyl halides is 8. The standard InChI is InChI=1S/C5H2F8O3/c6-1(3(7,8)2(14)15)4(9,10)16-5(11,12)13/h1H,(H,14,15). The van der Waals surface area contributed by atoms with E-state index in [2.05, 4.69) is 0 Å². The molecule has 0 heterocycles. The molecule has 11 heteroatoms. The Morgan fingerprint density at radius 3 is 1.69 bits per heavy atom. The van der Waals surface area contributed by atoms with Gasteiger partial charge in [0.1, 0.15) is 0 Å². The summed E-state index contributed by atoms with van der Waals surface area (Å²) in [5.41, 5.74) is 0. The number of ether oxygens (including phenoxy) is 1. The van der Waals surface area contributed by atoms with Crippen molar-refractivity contribution in [2.45, 2.75) is 24.6 Å². The molecule has 1 atom stereocenters. The molecule has 0 spiro atoms. The van der Waals surface area contributed by atoms with Gasteiger partial charge < -0.3 is 5.11 Å². The maximum Gasteiger partial charge on any atom is 0.527 e. The molecule has 0 saturated heterocycles. The lowest BCUT2D eigenvalue weighted by Gasteiger charge is -2.24. The van der Waals surface area contributed by atoms with Gasteiger partial charge in [0.05, 0.1) is 0 Å². The molecule has 0 aliphatic carbocycles. The quantitative estimate of drug-likeness (QED) is 0.790. The topological polar surface area (TPSA) is 46.5 Å². The highest BCUT2D eigenvalue weighted by Crippen LogP contribution is 2.38. The second-order valence-corrected chi connectivity index (χ2v) is 2.40. The van der Waals surface area contributed by atoms with E-state index in [-0.39, 0.29) is 0 Å². The third kappa shape index (κ3) is 3.47. The molecule has 0 aromatic rings. The number of carboxylic acid groups (broad SMARTS) is 1. The second-order valence-electron chi connectivity index (χ2n) is 2.40. The molecule has 96 valence electrons. The smallest absolute Gasteiger partial charge is 0.477 e. The third-order valence-corrected chi connectivity index (χ3v) is 1.15. The Labute approximate surface area is 81.6 Å². The van der Waals surface area contributed by atoms with E-state index in [1.807, 2.05) is 0 Å². The van der Waals surface area contributed by atoms with Crippen molar-refractivity contribution < 1.29 is 49.8 Å². The molecule has 0 aliphatic heterocycles. The fraction of sp³-hybridized carbons (Fsp3) is 0.800. The Hall–Kier alpha value is -1.13. The van der Waals surface area contributed by atoms with Gasteiger partial charge in [0, 0.05) is 0 Å². The molecule has 0 radical (unpaired) electrons. The van der Waals surface area contributed by atoms with Crippen LogP contribution in [0.2, 0.25) is 0 Å². The van der Waals surface area contributed by atoms with E-state index in [1.54, 1.807) is 4.74 Å². The van der Waals surface area contributed by atoms with E-state index in [0.29, 0.717) is 0 Å². The molecule has 0 aromatic carbocycles. The molecule has 0 aromatic heterocycles. The molecule has 0 aliphatic rings. The first-order valence-corrected chi connectivity index (χ1v) is 3.20. The lowest BCUT2D eigenvalue weighted by atomic mass is 10.2. The fourth-order valence-corrected chi connectivity index (χ4v) is 0.525. The maximum atomic E-state index is 12.2. The van der Waals surface area contributed by atoms with Gasteiger partial charge in [-0.25, -0.2) is 13.9 Å². The zero-order valence-corrected chi connectivity index (χ0v) is 6.86. The van der Waals surface area contributed by atoms with E-state index in [9.17, 15) is 39.9 Å². The molecule has 16 heavy (non-hydrogen) atoms. The molecule has 0 rings (SSSR count). The SMILES string of the molecule is O=C(O)C(F)(F)C(F)C(F)(F)OC(F)(F)F. The minimum atomic E-state index is -6.09. The van der Waals surface area contributed by atoms with Gasteiger partial charge in [0.25, 0.3) is 6.17 Å². The number of halogens is 8. The molecule has 1 unspecified atom stereocenters. The number of carbonyl (C=O) groups is 1. The summed E-state index contributed by atoms with van der Waals surface area (Å²) in [6.07, 6.45) is -17.1. The van der Waals surface area contributed by atoms with Crippen LogP contribution < -0.4 is 0 Å². The van der Waals surface area contributed by atoms with Gasteiger partial charge in [-0.1, -0.05) is 0 Å². The van der Waals surface area contributed by atoms with Crippen molar-refractivity contribution in [3.8, 4) is 0 Å². The van der Waals surface area contributed by atoms with Crippen LogP contribution in [0.25, 0.3) is 0 Å². The van der Waals surface area contributed by atoms with Gasteiger partial charge in [0.15, 0.2) is 0 Å². The number of rotatable bonds is 4. The monoisotopic (exact) mass is 262 g/mol. The molecule has 0 saturated carbocycles. The average Bonchev–Trinajstić information content (AvgIpc) is 1.97. The summed E-state index contributed by atoms with van der Waals surface area (Å²) in [5.74, 6) is -9.06. The minimum absolute atomic E-state index is 1.77. The number of carboxylic acids is 1. The van der Waals surface area contributed by atoms with Crippen LogP contribution in [0.4, 0.5) is 35.1 Å². The molecule has 0 bridgehead atoms. The van der Waals surface area contributed by atoms with E-state index >= 15 is 0 Å². The summed E-state index contributed by atoms with van der Waals surface area (Å²) in [7, 11) is 0. The van der Waals surface area contributed by atoms with E-state index in [4.69, 9.17) is 5.11 Å². The van der Waals surface area contributed by atoms with Gasteiger partial charge >= 0.3 is 24.4 Å². The van der Waals surface area contributed by atoms with Crippen LogP contribution >= 0.6 is 0 Å². The summed E-state index contributed by atoms with van der Waals surface area (Å²) >= 11 is 0. The van der Waals surface area contributed by atoms with Gasteiger partial charge in [0.2, 0.25) is 0 Å². The first-order valence-electron chi connectivity index (χ1n) is 3.20. The number of hydrogen-bond acceptors (Lipinski definition) is 2. The average molecular weight is 262 g/mol. The molecular weight excluding hydrogens is 260 g/mol. The summed E-state index contributed by atoms with van der Waals surface area (Å²) in [6.45, 7) is 0. The van der Waals surface area contributed by atoms with Crippen LogP contribution in [0.1, 0.15) is 0 Å². The van der Waals surface area contributed by atoms with Crippen molar-refractivity contribution in [1.29, 1.82) is 0 Å². The van der Waals surface area contributed by atoms with Gasteiger partial charge in [-0.15, -0.1) is 13.2 Å². The van der Waals surface area contributed by atoms with Crippen LogP contribution in [0.3, 0.4) is 0 Å². The van der Waals surface area contributed by atoms with Crippen molar-refractivity contribution in [3.05, 3.63) is 0 Å². The second kappa shape index (κ2) is 4.03. The summed E-state index contributed by atoms with van der Waals surface area (Å²) in [4.78, 5) is 9.61. The van der Waals surface area contributed by atoms with E-state index in [1.165, 1.54) is 0 Å². The normalized spacial score (nSPS) is 16.0. The Morgan fingerprint density at radius 1 is 1.06 bits per heavy atom. The van der Waals surface area contributed by atoms with Crippen molar-refractivity contribution in [3.63, 3.8) is 0 Å². The maximum absolute atomic E-state index is 12.2. The van der Waals surface area contributed by atoms with Crippen LogP contribution in [-0.4, -0.2) is 35.6 Å². The van der Waals surface area contributed by atoms with Crippen LogP contribution in [0.5, 0.6) is 0 Å². The number of aliphatic carboxylic acids is 1. The van der Waals surface area contributed by atoms with Crippen LogP contribution in [-0.2, 0) is 9.53 Å². The van der Waals surface area contributed by atoms with E-state index in [0.717, 1.165) is 0 Å². The summed E-state index contributed by atoms with van der Waals surface area (Å²) < 4.78 is 96.2. The lowest BCUT2D eigenvalue weighted by Crippen LogP contribution is -2.52. The molecule has 1 N–H and O–H groups in total. The molecular formula is C5H2F8O3. The molecule has 3 nitrogen and oxygen atoms in total. The zero-order valence-electron chi connectivity index (χ0n) is 6.86. The first kappa shape index (κ1) is 14.9. The van der Waals surface area contributed by atoms with Crippen molar-refractivity contribution >= 4 is 5.97 Å². The van der Waals surface area contributed by atoms with Gasteiger partial charge in [-0.05, 0) is 0 Å². The predicted octanol–water partition coefficient (Wildman–Crippen LogP) is 2.17. The lowest BCUT2D eigenvalue weighted by molar-refractivity contribution is -0.444. The Balaban J connectivity index is 4.96. The Kier molecular flexibility index (Phi) is 3.75. The Bertz CT molecular complexity index is 271. The number of hydrogen-bond donors (Lipinski definition) is 1. The van der Waals surface area contributed by atoms with E-state index < -0.39 is 30.5 Å². The highest BCUT2D eigenvalue weighted by atomic mass is 19.4.